The molecule has 0 bridgehead atoms. The molecular formula is C13H13ClN2O. The van der Waals surface area contributed by atoms with Gasteiger partial charge in [-0.1, -0.05) is 12.1 Å². The number of nitriles is 1. The van der Waals surface area contributed by atoms with Crippen molar-refractivity contribution in [2.24, 2.45) is 5.92 Å². The van der Waals surface area contributed by atoms with E-state index in [0.29, 0.717) is 25.3 Å². The zero-order valence-electron chi connectivity index (χ0n) is 9.40. The Bertz CT molecular complexity index is 449. The quantitative estimate of drug-likeness (QED) is 0.771. The summed E-state index contributed by atoms with van der Waals surface area (Å²) in [6.07, 6.45) is 0.933. The second kappa shape index (κ2) is 5.20. The number of rotatable bonds is 3. The summed E-state index contributed by atoms with van der Waals surface area (Å²) in [5, 5.41) is 8.58. The summed E-state index contributed by atoms with van der Waals surface area (Å²) < 4.78 is 0. The van der Waals surface area contributed by atoms with E-state index in [9.17, 15) is 4.79 Å². The zero-order valence-corrected chi connectivity index (χ0v) is 10.2. The summed E-state index contributed by atoms with van der Waals surface area (Å²) in [6.45, 7) is 0.694. The summed E-state index contributed by atoms with van der Waals surface area (Å²) in [5.74, 6) is 0.904. The van der Waals surface area contributed by atoms with Crippen molar-refractivity contribution in [1.82, 2.24) is 0 Å². The molecule has 1 amide bonds. The summed E-state index contributed by atoms with van der Waals surface area (Å²) >= 11 is 5.78. The Morgan fingerprint density at radius 2 is 2.12 bits per heavy atom. The first-order valence-electron chi connectivity index (χ1n) is 5.57. The molecule has 1 aromatic carbocycles. The summed E-state index contributed by atoms with van der Waals surface area (Å²) in [6, 6.07) is 9.66. The van der Waals surface area contributed by atoms with E-state index in [1.54, 1.807) is 4.90 Å². The van der Waals surface area contributed by atoms with Crippen molar-refractivity contribution in [3.05, 3.63) is 29.8 Å². The molecule has 88 valence electrons. The number of carbonyl (C=O) groups excluding carboxylic acids is 1. The molecule has 0 radical (unpaired) electrons. The third-order valence-corrected chi connectivity index (χ3v) is 3.39. The number of hydrogen-bond acceptors (Lipinski definition) is 2. The smallest absolute Gasteiger partial charge is 0.227 e. The summed E-state index contributed by atoms with van der Waals surface area (Å²) in [5.41, 5.74) is 1.86. The normalized spacial score (nSPS) is 19.4. The van der Waals surface area contributed by atoms with Crippen LogP contribution in [0, 0.1) is 17.2 Å². The van der Waals surface area contributed by atoms with E-state index in [-0.39, 0.29) is 11.8 Å². The zero-order chi connectivity index (χ0) is 12.3. The van der Waals surface area contributed by atoms with Crippen LogP contribution in [0.15, 0.2) is 24.3 Å². The molecule has 1 aromatic rings. The molecule has 0 spiro atoms. The molecule has 1 atom stereocenters. The van der Waals surface area contributed by atoms with Crippen LogP contribution < -0.4 is 4.90 Å². The lowest BCUT2D eigenvalue weighted by atomic mass is 10.1. The minimum absolute atomic E-state index is 0.128. The molecule has 3 nitrogen and oxygen atoms in total. The van der Waals surface area contributed by atoms with Crippen LogP contribution in [0.1, 0.15) is 12.0 Å². The number of alkyl halides is 1. The number of hydrogen-bond donors (Lipinski definition) is 0. The molecule has 1 saturated heterocycles. The topological polar surface area (TPSA) is 44.1 Å². The molecule has 17 heavy (non-hydrogen) atoms. The van der Waals surface area contributed by atoms with Crippen molar-refractivity contribution >= 4 is 23.2 Å². The van der Waals surface area contributed by atoms with Crippen LogP contribution >= 0.6 is 11.6 Å². The molecule has 1 unspecified atom stereocenters. The lowest BCUT2D eigenvalue weighted by molar-refractivity contribution is -0.117. The highest BCUT2D eigenvalue weighted by Crippen LogP contribution is 2.25. The van der Waals surface area contributed by atoms with E-state index >= 15 is 0 Å². The SMILES string of the molecule is N#CCc1ccc(N2CC(CCl)CC2=O)cc1. The molecule has 1 aliphatic heterocycles. The van der Waals surface area contributed by atoms with Crippen LogP contribution in [0.25, 0.3) is 0 Å². The number of anilines is 1. The van der Waals surface area contributed by atoms with E-state index in [4.69, 9.17) is 16.9 Å². The lowest BCUT2D eigenvalue weighted by Gasteiger charge is -2.16. The third kappa shape index (κ3) is 2.59. The van der Waals surface area contributed by atoms with Crippen LogP contribution in [0.3, 0.4) is 0 Å². The molecule has 0 saturated carbocycles. The number of amides is 1. The Morgan fingerprint density at radius 1 is 1.41 bits per heavy atom. The maximum atomic E-state index is 11.8. The molecule has 4 heteroatoms. The van der Waals surface area contributed by atoms with E-state index in [1.165, 1.54) is 0 Å². The van der Waals surface area contributed by atoms with Gasteiger partial charge in [0.25, 0.3) is 0 Å². The minimum Gasteiger partial charge on any atom is -0.312 e. The average molecular weight is 249 g/mol. The first kappa shape index (κ1) is 11.9. The third-order valence-electron chi connectivity index (χ3n) is 2.95. The molecular weight excluding hydrogens is 236 g/mol. The lowest BCUT2D eigenvalue weighted by Crippen LogP contribution is -2.24. The monoisotopic (exact) mass is 248 g/mol. The molecule has 0 N–H and O–H groups in total. The van der Waals surface area contributed by atoms with Crippen molar-refractivity contribution in [2.75, 3.05) is 17.3 Å². The number of nitrogens with zero attached hydrogens (tertiary/aromatic N) is 2. The van der Waals surface area contributed by atoms with Gasteiger partial charge < -0.3 is 4.90 Å². The highest BCUT2D eigenvalue weighted by molar-refractivity contribution is 6.18. The summed E-state index contributed by atoms with van der Waals surface area (Å²) in [7, 11) is 0. The Kier molecular flexibility index (Phi) is 3.65. The summed E-state index contributed by atoms with van der Waals surface area (Å²) in [4.78, 5) is 13.5. The van der Waals surface area contributed by atoms with E-state index in [2.05, 4.69) is 6.07 Å². The van der Waals surface area contributed by atoms with Gasteiger partial charge in [0, 0.05) is 24.5 Å². The second-order valence-electron chi connectivity index (χ2n) is 4.23. The fraction of sp³-hybridized carbons (Fsp3) is 0.385. The Balaban J connectivity index is 2.13. The molecule has 1 heterocycles. The van der Waals surface area contributed by atoms with Gasteiger partial charge in [0.2, 0.25) is 5.91 Å². The Labute approximate surface area is 106 Å². The Hall–Kier alpha value is -1.53. The molecule has 1 aliphatic rings. The second-order valence-corrected chi connectivity index (χ2v) is 4.54. The van der Waals surface area contributed by atoms with Crippen molar-refractivity contribution in [1.29, 1.82) is 5.26 Å². The van der Waals surface area contributed by atoms with Crippen molar-refractivity contribution in [3.8, 4) is 6.07 Å². The standard InChI is InChI=1S/C13H13ClN2O/c14-8-11-7-13(17)16(9-11)12-3-1-10(2-4-12)5-6-15/h1-4,11H,5,7-9H2. The predicted molar refractivity (Wildman–Crippen MR) is 66.9 cm³/mol. The van der Waals surface area contributed by atoms with Crippen molar-refractivity contribution < 1.29 is 4.79 Å². The fourth-order valence-electron chi connectivity index (χ4n) is 2.02. The van der Waals surface area contributed by atoms with E-state index < -0.39 is 0 Å². The maximum Gasteiger partial charge on any atom is 0.227 e. The van der Waals surface area contributed by atoms with Crippen LogP contribution in [0.4, 0.5) is 5.69 Å². The van der Waals surface area contributed by atoms with Gasteiger partial charge in [0.1, 0.15) is 0 Å². The van der Waals surface area contributed by atoms with Gasteiger partial charge >= 0.3 is 0 Å². The number of carbonyl (C=O) groups is 1. The van der Waals surface area contributed by atoms with Crippen molar-refractivity contribution in [3.63, 3.8) is 0 Å². The Morgan fingerprint density at radius 3 is 2.65 bits per heavy atom. The predicted octanol–water partition coefficient (Wildman–Crippen LogP) is 2.34. The highest BCUT2D eigenvalue weighted by Gasteiger charge is 2.29. The van der Waals surface area contributed by atoms with Gasteiger partial charge in [-0.05, 0) is 23.6 Å². The average Bonchev–Trinajstić information content (AvgIpc) is 2.72. The molecule has 0 aliphatic carbocycles. The van der Waals surface area contributed by atoms with Gasteiger partial charge in [-0.25, -0.2) is 0 Å². The fourth-order valence-corrected chi connectivity index (χ4v) is 2.23. The van der Waals surface area contributed by atoms with Gasteiger partial charge in [0.05, 0.1) is 12.5 Å². The largest absolute Gasteiger partial charge is 0.312 e. The van der Waals surface area contributed by atoms with Crippen LogP contribution in [-0.4, -0.2) is 18.3 Å². The number of halogens is 1. The molecule has 2 rings (SSSR count). The van der Waals surface area contributed by atoms with Gasteiger partial charge in [0.15, 0.2) is 0 Å². The van der Waals surface area contributed by atoms with Crippen LogP contribution in [0.5, 0.6) is 0 Å². The van der Waals surface area contributed by atoms with E-state index in [0.717, 1.165) is 11.3 Å². The van der Waals surface area contributed by atoms with Crippen LogP contribution in [-0.2, 0) is 11.2 Å². The number of benzene rings is 1. The van der Waals surface area contributed by atoms with E-state index in [1.807, 2.05) is 24.3 Å². The highest BCUT2D eigenvalue weighted by atomic mass is 35.5. The maximum absolute atomic E-state index is 11.8. The first-order valence-corrected chi connectivity index (χ1v) is 6.10. The van der Waals surface area contributed by atoms with Gasteiger partial charge in [-0.3, -0.25) is 4.79 Å². The minimum atomic E-state index is 0.128. The first-order chi connectivity index (χ1) is 8.24. The van der Waals surface area contributed by atoms with Gasteiger partial charge in [-0.2, -0.15) is 5.26 Å². The molecule has 0 aromatic heterocycles. The van der Waals surface area contributed by atoms with Gasteiger partial charge in [-0.15, -0.1) is 11.6 Å². The molecule has 1 fully saturated rings. The van der Waals surface area contributed by atoms with Crippen molar-refractivity contribution in [2.45, 2.75) is 12.8 Å². The van der Waals surface area contributed by atoms with Crippen LogP contribution in [0.2, 0.25) is 0 Å².